The second-order valence-corrected chi connectivity index (χ2v) is 13.2. The van der Waals surface area contributed by atoms with E-state index in [1.165, 1.54) is 37.7 Å². The fourth-order valence-electron chi connectivity index (χ4n) is 5.98. The lowest BCUT2D eigenvalue weighted by molar-refractivity contribution is -0.157. The van der Waals surface area contributed by atoms with Gasteiger partial charge in [-0.05, 0) is 80.5 Å². The SMILES string of the molecule is CCC1CCC(c2ccc(-c3cnc(-c4ccc(CC(NC(=O)OCc5ccccc5)C(=O)OC(C)(C)C)cc4)nc3)cc2)CC1. The summed E-state index contributed by atoms with van der Waals surface area (Å²) >= 11 is 0. The fourth-order valence-corrected chi connectivity index (χ4v) is 5.98. The lowest BCUT2D eigenvalue weighted by atomic mass is 9.78. The molecular weight excluding hydrogens is 574 g/mol. The molecule has 7 heteroatoms. The molecule has 7 nitrogen and oxygen atoms in total. The molecule has 1 atom stereocenters. The first-order valence-corrected chi connectivity index (χ1v) is 16.4. The molecule has 46 heavy (non-hydrogen) atoms. The highest BCUT2D eigenvalue weighted by molar-refractivity contribution is 5.82. The molecule has 0 aliphatic heterocycles. The van der Waals surface area contributed by atoms with Crippen molar-refractivity contribution in [3.63, 3.8) is 0 Å². The third-order valence-electron chi connectivity index (χ3n) is 8.64. The number of carbonyl (C=O) groups is 2. The number of carbonyl (C=O) groups excluding carboxylic acids is 2. The standard InChI is InChI=1S/C39H45N3O4/c1-5-27-11-15-30(16-12-27)31-19-21-32(22-20-31)34-24-40-36(41-25-34)33-17-13-28(14-18-33)23-35(37(43)46-39(2,3)4)42-38(44)45-26-29-9-7-6-8-10-29/h6-10,13-14,17-22,24-25,27,30,35H,5,11-12,15-16,23,26H2,1-4H3,(H,42,44). The summed E-state index contributed by atoms with van der Waals surface area (Å²) in [6.07, 6.45) is 9.83. The highest BCUT2D eigenvalue weighted by Gasteiger charge is 2.28. The van der Waals surface area contributed by atoms with Gasteiger partial charge in [0.1, 0.15) is 18.2 Å². The van der Waals surface area contributed by atoms with Crippen molar-refractivity contribution in [2.24, 2.45) is 5.92 Å². The molecule has 1 amide bonds. The van der Waals surface area contributed by atoms with E-state index in [0.29, 0.717) is 11.7 Å². The summed E-state index contributed by atoms with van der Waals surface area (Å²) in [5, 5.41) is 2.69. The summed E-state index contributed by atoms with van der Waals surface area (Å²) in [7, 11) is 0. The molecule has 1 aliphatic rings. The Kier molecular flexibility index (Phi) is 10.8. The fraction of sp³-hybridized carbons (Fsp3) is 0.385. The van der Waals surface area contributed by atoms with Gasteiger partial charge in [0.25, 0.3) is 0 Å². The number of hydrogen-bond acceptors (Lipinski definition) is 6. The van der Waals surface area contributed by atoms with Crippen LogP contribution in [0.25, 0.3) is 22.5 Å². The first kappa shape index (κ1) is 32.9. The predicted molar refractivity (Wildman–Crippen MR) is 181 cm³/mol. The molecule has 1 saturated carbocycles. The largest absolute Gasteiger partial charge is 0.458 e. The number of aromatic nitrogens is 2. The monoisotopic (exact) mass is 619 g/mol. The van der Waals surface area contributed by atoms with Crippen molar-refractivity contribution in [3.8, 4) is 22.5 Å². The molecule has 3 aromatic carbocycles. The van der Waals surface area contributed by atoms with Crippen molar-refractivity contribution in [1.29, 1.82) is 0 Å². The van der Waals surface area contributed by atoms with E-state index in [-0.39, 0.29) is 13.0 Å². The number of nitrogens with one attached hydrogen (secondary N) is 1. The van der Waals surface area contributed by atoms with E-state index in [0.717, 1.165) is 33.7 Å². The lowest BCUT2D eigenvalue weighted by Gasteiger charge is -2.28. The molecule has 1 heterocycles. The zero-order valence-electron chi connectivity index (χ0n) is 27.4. The van der Waals surface area contributed by atoms with Gasteiger partial charge in [-0.15, -0.1) is 0 Å². The number of nitrogens with zero attached hydrogens (tertiary/aromatic N) is 2. The number of amides is 1. The van der Waals surface area contributed by atoms with Gasteiger partial charge in [0.15, 0.2) is 5.82 Å². The maximum Gasteiger partial charge on any atom is 0.408 e. The molecular formula is C39H45N3O4. The maximum atomic E-state index is 13.0. The van der Waals surface area contributed by atoms with E-state index in [2.05, 4.69) is 46.5 Å². The van der Waals surface area contributed by atoms with E-state index in [4.69, 9.17) is 9.47 Å². The second-order valence-electron chi connectivity index (χ2n) is 13.2. The van der Waals surface area contributed by atoms with E-state index in [9.17, 15) is 9.59 Å². The Labute approximate surface area is 272 Å². The van der Waals surface area contributed by atoms with Gasteiger partial charge >= 0.3 is 12.1 Å². The van der Waals surface area contributed by atoms with Crippen LogP contribution < -0.4 is 5.32 Å². The van der Waals surface area contributed by atoms with Crippen molar-refractivity contribution in [2.45, 2.75) is 90.4 Å². The van der Waals surface area contributed by atoms with Gasteiger partial charge in [-0.3, -0.25) is 0 Å². The minimum Gasteiger partial charge on any atom is -0.458 e. The number of alkyl carbamates (subject to hydrolysis) is 1. The Bertz CT molecular complexity index is 1560. The highest BCUT2D eigenvalue weighted by Crippen LogP contribution is 2.37. The smallest absolute Gasteiger partial charge is 0.408 e. The molecule has 1 aromatic heterocycles. The van der Waals surface area contributed by atoms with Gasteiger partial charge in [-0.1, -0.05) is 92.2 Å². The Morgan fingerprint density at radius 2 is 1.43 bits per heavy atom. The molecule has 0 radical (unpaired) electrons. The molecule has 0 bridgehead atoms. The van der Waals surface area contributed by atoms with Crippen LogP contribution >= 0.6 is 0 Å². The summed E-state index contributed by atoms with van der Waals surface area (Å²) in [4.78, 5) is 34.9. The van der Waals surface area contributed by atoms with E-state index >= 15 is 0 Å². The van der Waals surface area contributed by atoms with Gasteiger partial charge in [-0.25, -0.2) is 19.6 Å². The second kappa shape index (κ2) is 15.2. The third-order valence-corrected chi connectivity index (χ3v) is 8.64. The van der Waals surface area contributed by atoms with Crippen LogP contribution in [0.15, 0.2) is 91.3 Å². The number of rotatable bonds is 10. The molecule has 1 fully saturated rings. The van der Waals surface area contributed by atoms with Crippen molar-refractivity contribution >= 4 is 12.1 Å². The maximum absolute atomic E-state index is 13.0. The van der Waals surface area contributed by atoms with Gasteiger partial charge < -0.3 is 14.8 Å². The first-order chi connectivity index (χ1) is 22.2. The number of ether oxygens (including phenoxy) is 2. The van der Waals surface area contributed by atoms with E-state index < -0.39 is 23.7 Å². The van der Waals surface area contributed by atoms with Gasteiger partial charge in [-0.2, -0.15) is 0 Å². The first-order valence-electron chi connectivity index (χ1n) is 16.4. The van der Waals surface area contributed by atoms with Crippen LogP contribution in [-0.4, -0.2) is 33.7 Å². The molecule has 0 spiro atoms. The summed E-state index contributed by atoms with van der Waals surface area (Å²) in [5.41, 5.74) is 5.39. The molecule has 5 rings (SSSR count). The number of esters is 1. The molecule has 1 N–H and O–H groups in total. The summed E-state index contributed by atoms with van der Waals surface area (Å²) in [6.45, 7) is 7.80. The van der Waals surface area contributed by atoms with Crippen LogP contribution in [-0.2, 0) is 27.3 Å². The van der Waals surface area contributed by atoms with E-state index in [1.54, 1.807) is 20.8 Å². The number of benzene rings is 3. The van der Waals surface area contributed by atoms with Crippen LogP contribution in [0, 0.1) is 5.92 Å². The minimum absolute atomic E-state index is 0.104. The Morgan fingerprint density at radius 1 is 0.804 bits per heavy atom. The van der Waals surface area contributed by atoms with Crippen molar-refractivity contribution in [3.05, 3.63) is 108 Å². The Hall–Kier alpha value is -4.52. The molecule has 1 unspecified atom stereocenters. The van der Waals surface area contributed by atoms with Crippen molar-refractivity contribution < 1.29 is 19.1 Å². The van der Waals surface area contributed by atoms with Crippen LogP contribution in [0.5, 0.6) is 0 Å². The minimum atomic E-state index is -0.915. The number of hydrogen-bond donors (Lipinski definition) is 1. The van der Waals surface area contributed by atoms with E-state index in [1.807, 2.05) is 67.0 Å². The third kappa shape index (κ3) is 9.25. The van der Waals surface area contributed by atoms with Crippen LogP contribution in [0.1, 0.15) is 82.4 Å². The molecule has 1 aliphatic carbocycles. The summed E-state index contributed by atoms with van der Waals surface area (Å²) in [6, 6.07) is 25.0. The zero-order chi connectivity index (χ0) is 32.5. The predicted octanol–water partition coefficient (Wildman–Crippen LogP) is 8.67. The van der Waals surface area contributed by atoms with Crippen molar-refractivity contribution in [1.82, 2.24) is 15.3 Å². The molecule has 4 aromatic rings. The highest BCUT2D eigenvalue weighted by atomic mass is 16.6. The average Bonchev–Trinajstić information content (AvgIpc) is 3.07. The zero-order valence-corrected chi connectivity index (χ0v) is 27.4. The Morgan fingerprint density at radius 3 is 2.04 bits per heavy atom. The quantitative estimate of drug-likeness (QED) is 0.179. The lowest BCUT2D eigenvalue weighted by Crippen LogP contribution is -2.45. The van der Waals surface area contributed by atoms with Crippen LogP contribution in [0.4, 0.5) is 4.79 Å². The average molecular weight is 620 g/mol. The summed E-state index contributed by atoms with van der Waals surface area (Å²) < 4.78 is 11.0. The summed E-state index contributed by atoms with van der Waals surface area (Å²) in [5.74, 6) is 1.66. The topological polar surface area (TPSA) is 90.4 Å². The molecule has 240 valence electrons. The van der Waals surface area contributed by atoms with Crippen LogP contribution in [0.2, 0.25) is 0 Å². The van der Waals surface area contributed by atoms with Crippen molar-refractivity contribution in [2.75, 3.05) is 0 Å². The van der Waals surface area contributed by atoms with Gasteiger partial charge in [0, 0.05) is 29.9 Å². The Balaban J connectivity index is 1.20. The molecule has 0 saturated heterocycles. The van der Waals surface area contributed by atoms with Gasteiger partial charge in [0.2, 0.25) is 0 Å². The van der Waals surface area contributed by atoms with Crippen LogP contribution in [0.3, 0.4) is 0 Å². The van der Waals surface area contributed by atoms with Gasteiger partial charge in [0.05, 0.1) is 0 Å². The normalized spacial score (nSPS) is 17.1.